The summed E-state index contributed by atoms with van der Waals surface area (Å²) >= 11 is 0. The summed E-state index contributed by atoms with van der Waals surface area (Å²) in [5.74, 6) is -0.385. The minimum atomic E-state index is -0.573. The third-order valence-electron chi connectivity index (χ3n) is 1.92. The lowest BCUT2D eigenvalue weighted by Gasteiger charge is -2.21. The fourth-order valence-corrected chi connectivity index (χ4v) is 0.826. The molecule has 84 valence electrons. The highest BCUT2D eigenvalue weighted by Gasteiger charge is 2.18. The number of carbonyl (C=O) groups excluding carboxylic acids is 1. The highest BCUT2D eigenvalue weighted by atomic mass is 16.6. The Morgan fingerprint density at radius 1 is 1.29 bits per heavy atom. The Labute approximate surface area is 85.8 Å². The van der Waals surface area contributed by atoms with E-state index in [4.69, 9.17) is 15.2 Å². The van der Waals surface area contributed by atoms with Gasteiger partial charge in [0.1, 0.15) is 12.1 Å². The molecule has 0 saturated heterocycles. The molecule has 0 heterocycles. The number of ether oxygens (including phenoxy) is 2. The average Bonchev–Trinajstić information content (AvgIpc) is 2.13. The van der Waals surface area contributed by atoms with E-state index in [1.165, 1.54) is 0 Å². The normalized spacial score (nSPS) is 17.2. The zero-order chi connectivity index (χ0) is 11.1. The summed E-state index contributed by atoms with van der Waals surface area (Å²) in [6.45, 7) is 8.01. The molecule has 0 amide bonds. The number of rotatable bonds is 6. The lowest BCUT2D eigenvalue weighted by Crippen LogP contribution is -2.36. The molecule has 2 N–H and O–H groups in total. The molecule has 0 aliphatic carbocycles. The Morgan fingerprint density at radius 3 is 2.29 bits per heavy atom. The monoisotopic (exact) mass is 203 g/mol. The number of hydrogen-bond acceptors (Lipinski definition) is 4. The predicted molar refractivity (Wildman–Crippen MR) is 54.9 cm³/mol. The highest BCUT2D eigenvalue weighted by molar-refractivity contribution is 5.75. The van der Waals surface area contributed by atoms with Crippen LogP contribution in [-0.4, -0.2) is 30.8 Å². The van der Waals surface area contributed by atoms with Crippen molar-refractivity contribution in [2.45, 2.75) is 52.4 Å². The van der Waals surface area contributed by atoms with Crippen LogP contribution < -0.4 is 5.73 Å². The van der Waals surface area contributed by atoms with Crippen LogP contribution in [0.3, 0.4) is 0 Å². The van der Waals surface area contributed by atoms with Crippen molar-refractivity contribution < 1.29 is 14.3 Å². The summed E-state index contributed by atoms with van der Waals surface area (Å²) in [6.07, 6.45) is 0.621. The van der Waals surface area contributed by atoms with Crippen molar-refractivity contribution in [3.8, 4) is 0 Å². The predicted octanol–water partition coefficient (Wildman–Crippen LogP) is 1.08. The van der Waals surface area contributed by atoms with E-state index in [-0.39, 0.29) is 18.2 Å². The maximum atomic E-state index is 11.1. The second-order valence-electron chi connectivity index (χ2n) is 3.51. The first-order chi connectivity index (χ1) is 6.49. The maximum absolute atomic E-state index is 11.1. The van der Waals surface area contributed by atoms with Crippen LogP contribution in [0.1, 0.15) is 34.1 Å². The van der Waals surface area contributed by atoms with Crippen LogP contribution in [0.5, 0.6) is 0 Å². The maximum Gasteiger partial charge on any atom is 0.322 e. The molecule has 4 heteroatoms. The van der Waals surface area contributed by atoms with Gasteiger partial charge in [-0.3, -0.25) is 4.79 Å². The van der Waals surface area contributed by atoms with Gasteiger partial charge in [-0.05, 0) is 27.2 Å². The van der Waals surface area contributed by atoms with Crippen LogP contribution in [0.4, 0.5) is 0 Å². The van der Waals surface area contributed by atoms with Gasteiger partial charge < -0.3 is 15.2 Å². The van der Waals surface area contributed by atoms with Crippen LogP contribution >= 0.6 is 0 Å². The third-order valence-corrected chi connectivity index (χ3v) is 1.92. The summed E-state index contributed by atoms with van der Waals surface area (Å²) in [4.78, 5) is 11.1. The molecule has 0 fully saturated rings. The molecule has 0 radical (unpaired) electrons. The molecule has 0 aromatic carbocycles. The van der Waals surface area contributed by atoms with Crippen LogP contribution in [0.15, 0.2) is 0 Å². The SMILES string of the molecule is CCCO[C@H](C)[C@H](C)OC(=O)[C@H](C)N. The van der Waals surface area contributed by atoms with Gasteiger partial charge in [0, 0.05) is 6.61 Å². The van der Waals surface area contributed by atoms with E-state index in [0.29, 0.717) is 6.61 Å². The molecule has 0 spiro atoms. The number of nitrogens with two attached hydrogens (primary N) is 1. The van der Waals surface area contributed by atoms with Crippen molar-refractivity contribution in [3.05, 3.63) is 0 Å². The fraction of sp³-hybridized carbons (Fsp3) is 0.900. The van der Waals surface area contributed by atoms with E-state index in [2.05, 4.69) is 0 Å². The van der Waals surface area contributed by atoms with Crippen LogP contribution in [0.2, 0.25) is 0 Å². The van der Waals surface area contributed by atoms with Crippen molar-refractivity contribution in [2.75, 3.05) is 6.61 Å². The number of esters is 1. The Balaban J connectivity index is 3.82. The molecule has 0 aromatic heterocycles. The first kappa shape index (κ1) is 13.4. The van der Waals surface area contributed by atoms with Gasteiger partial charge in [0.15, 0.2) is 0 Å². The second-order valence-corrected chi connectivity index (χ2v) is 3.51. The standard InChI is InChI=1S/C10H21NO3/c1-5-6-13-8(3)9(4)14-10(12)7(2)11/h7-9H,5-6,11H2,1-4H3/t7-,8+,9-/m0/s1. The van der Waals surface area contributed by atoms with Crippen molar-refractivity contribution in [2.24, 2.45) is 5.73 Å². The molecule has 0 aliphatic rings. The van der Waals surface area contributed by atoms with Gasteiger partial charge in [-0.15, -0.1) is 0 Å². The van der Waals surface area contributed by atoms with E-state index in [1.807, 2.05) is 13.8 Å². The van der Waals surface area contributed by atoms with Gasteiger partial charge in [-0.25, -0.2) is 0 Å². The van der Waals surface area contributed by atoms with Gasteiger partial charge in [-0.2, -0.15) is 0 Å². The van der Waals surface area contributed by atoms with Crippen molar-refractivity contribution in [3.63, 3.8) is 0 Å². The molecular weight excluding hydrogens is 182 g/mol. The van der Waals surface area contributed by atoms with Crippen LogP contribution in [-0.2, 0) is 14.3 Å². The van der Waals surface area contributed by atoms with Gasteiger partial charge in [0.2, 0.25) is 0 Å². The molecule has 0 aromatic rings. The minimum absolute atomic E-state index is 0.0855. The lowest BCUT2D eigenvalue weighted by molar-refractivity contribution is -0.156. The molecule has 14 heavy (non-hydrogen) atoms. The topological polar surface area (TPSA) is 61.5 Å². The molecule has 0 rings (SSSR count). The fourth-order valence-electron chi connectivity index (χ4n) is 0.826. The summed E-state index contributed by atoms with van der Waals surface area (Å²) in [5.41, 5.74) is 5.37. The molecule has 0 saturated carbocycles. The Bertz CT molecular complexity index is 171. The van der Waals surface area contributed by atoms with E-state index in [0.717, 1.165) is 6.42 Å². The van der Waals surface area contributed by atoms with E-state index >= 15 is 0 Å². The van der Waals surface area contributed by atoms with E-state index in [1.54, 1.807) is 13.8 Å². The third kappa shape index (κ3) is 5.19. The average molecular weight is 203 g/mol. The Hall–Kier alpha value is -0.610. The highest BCUT2D eigenvalue weighted by Crippen LogP contribution is 2.04. The second kappa shape index (κ2) is 6.79. The number of hydrogen-bond donors (Lipinski definition) is 1. The Morgan fingerprint density at radius 2 is 1.86 bits per heavy atom. The molecular formula is C10H21NO3. The minimum Gasteiger partial charge on any atom is -0.459 e. The van der Waals surface area contributed by atoms with Gasteiger partial charge in [0.25, 0.3) is 0 Å². The lowest BCUT2D eigenvalue weighted by atomic mass is 10.2. The quantitative estimate of drug-likeness (QED) is 0.656. The smallest absolute Gasteiger partial charge is 0.322 e. The van der Waals surface area contributed by atoms with Gasteiger partial charge in [-0.1, -0.05) is 6.92 Å². The van der Waals surface area contributed by atoms with Crippen molar-refractivity contribution in [1.29, 1.82) is 0 Å². The largest absolute Gasteiger partial charge is 0.459 e. The molecule has 3 atom stereocenters. The number of carbonyl (C=O) groups is 1. The molecule has 0 unspecified atom stereocenters. The zero-order valence-electron chi connectivity index (χ0n) is 9.45. The van der Waals surface area contributed by atoms with E-state index < -0.39 is 6.04 Å². The zero-order valence-corrected chi connectivity index (χ0v) is 9.45. The van der Waals surface area contributed by atoms with Gasteiger partial charge >= 0.3 is 5.97 Å². The van der Waals surface area contributed by atoms with Crippen LogP contribution in [0.25, 0.3) is 0 Å². The van der Waals surface area contributed by atoms with E-state index in [9.17, 15) is 4.79 Å². The first-order valence-electron chi connectivity index (χ1n) is 5.06. The summed E-state index contributed by atoms with van der Waals surface area (Å²) in [6, 6.07) is -0.573. The first-order valence-corrected chi connectivity index (χ1v) is 5.06. The molecule has 0 bridgehead atoms. The Kier molecular flexibility index (Phi) is 6.49. The van der Waals surface area contributed by atoms with Crippen LogP contribution in [0, 0.1) is 0 Å². The summed E-state index contributed by atoms with van der Waals surface area (Å²) < 4.78 is 10.5. The van der Waals surface area contributed by atoms with Gasteiger partial charge in [0.05, 0.1) is 6.10 Å². The summed E-state index contributed by atoms with van der Waals surface area (Å²) in [5, 5.41) is 0. The molecule has 4 nitrogen and oxygen atoms in total. The summed E-state index contributed by atoms with van der Waals surface area (Å²) in [7, 11) is 0. The van der Waals surface area contributed by atoms with Crippen molar-refractivity contribution >= 4 is 5.97 Å². The molecule has 0 aliphatic heterocycles. The van der Waals surface area contributed by atoms with Crippen molar-refractivity contribution in [1.82, 2.24) is 0 Å².